The third-order valence-corrected chi connectivity index (χ3v) is 5.11. The monoisotopic (exact) mass is 388 g/mol. The Balaban J connectivity index is 1.74. The number of hydrogen-bond acceptors (Lipinski definition) is 4. The molecule has 0 aromatic heterocycles. The van der Waals surface area contributed by atoms with E-state index in [1.807, 2.05) is 6.07 Å². The molecule has 2 aromatic carbocycles. The predicted octanol–water partition coefficient (Wildman–Crippen LogP) is 3.56. The van der Waals surface area contributed by atoms with Gasteiger partial charge in [0.15, 0.2) is 11.5 Å². The van der Waals surface area contributed by atoms with Crippen LogP contribution in [-0.2, 0) is 0 Å². The van der Waals surface area contributed by atoms with Crippen molar-refractivity contribution in [2.45, 2.75) is 12.5 Å². The van der Waals surface area contributed by atoms with E-state index in [4.69, 9.17) is 9.47 Å². The van der Waals surface area contributed by atoms with Crippen molar-refractivity contribution in [3.05, 3.63) is 58.1 Å². The van der Waals surface area contributed by atoms with Gasteiger partial charge in [-0.15, -0.1) is 0 Å². The zero-order valence-electron chi connectivity index (χ0n) is 13.5. The van der Waals surface area contributed by atoms with Crippen molar-refractivity contribution < 1.29 is 9.47 Å². The summed E-state index contributed by atoms with van der Waals surface area (Å²) >= 11 is 3.62. The molecule has 1 atom stereocenters. The molecule has 4 rings (SSSR count). The molecule has 2 aliphatic heterocycles. The molecule has 1 fully saturated rings. The second kappa shape index (κ2) is 7.13. The highest BCUT2D eigenvalue weighted by Gasteiger charge is 2.25. The molecule has 1 unspecified atom stereocenters. The molecule has 2 aliphatic rings. The van der Waals surface area contributed by atoms with Crippen LogP contribution in [0.3, 0.4) is 0 Å². The van der Waals surface area contributed by atoms with E-state index in [0.29, 0.717) is 6.79 Å². The van der Waals surface area contributed by atoms with Crippen molar-refractivity contribution in [2.24, 2.45) is 0 Å². The van der Waals surface area contributed by atoms with Crippen LogP contribution < -0.4 is 14.8 Å². The molecule has 4 nitrogen and oxygen atoms in total. The van der Waals surface area contributed by atoms with Gasteiger partial charge in [-0.05, 0) is 48.4 Å². The third-order valence-electron chi connectivity index (χ3n) is 4.62. The molecule has 2 aromatic rings. The van der Waals surface area contributed by atoms with E-state index in [1.165, 1.54) is 11.1 Å². The number of rotatable bonds is 3. The molecular weight excluding hydrogens is 368 g/mol. The summed E-state index contributed by atoms with van der Waals surface area (Å²) < 4.78 is 12.2. The first kappa shape index (κ1) is 15.9. The van der Waals surface area contributed by atoms with Crippen LogP contribution in [0.1, 0.15) is 23.6 Å². The molecule has 24 heavy (non-hydrogen) atoms. The first-order valence-electron chi connectivity index (χ1n) is 8.41. The van der Waals surface area contributed by atoms with Gasteiger partial charge in [-0.2, -0.15) is 0 Å². The minimum absolute atomic E-state index is 0.219. The number of halogens is 1. The van der Waals surface area contributed by atoms with E-state index in [1.54, 1.807) is 0 Å². The number of ether oxygens (including phenoxy) is 2. The van der Waals surface area contributed by atoms with Crippen LogP contribution in [0, 0.1) is 0 Å². The predicted molar refractivity (Wildman–Crippen MR) is 97.6 cm³/mol. The fourth-order valence-electron chi connectivity index (χ4n) is 3.50. The summed E-state index contributed by atoms with van der Waals surface area (Å²) in [5.41, 5.74) is 2.55. The molecule has 0 saturated carbocycles. The number of nitrogens with zero attached hydrogens (tertiary/aromatic N) is 1. The second-order valence-electron chi connectivity index (χ2n) is 6.21. The van der Waals surface area contributed by atoms with Gasteiger partial charge >= 0.3 is 0 Å². The van der Waals surface area contributed by atoms with E-state index < -0.39 is 0 Å². The van der Waals surface area contributed by atoms with Crippen molar-refractivity contribution >= 4 is 15.9 Å². The molecule has 2 heterocycles. The Labute approximate surface area is 150 Å². The molecule has 0 amide bonds. The van der Waals surface area contributed by atoms with Gasteiger partial charge in [-0.25, -0.2) is 0 Å². The van der Waals surface area contributed by atoms with Gasteiger partial charge in [0.2, 0.25) is 6.79 Å². The summed E-state index contributed by atoms with van der Waals surface area (Å²) in [6.07, 6.45) is 1.16. The zero-order chi connectivity index (χ0) is 16.4. The maximum atomic E-state index is 5.60. The summed E-state index contributed by atoms with van der Waals surface area (Å²) in [5.74, 6) is 1.68. The lowest BCUT2D eigenvalue weighted by Crippen LogP contribution is -2.33. The third kappa shape index (κ3) is 3.29. The smallest absolute Gasteiger partial charge is 0.231 e. The molecule has 0 bridgehead atoms. The molecular formula is C19H21BrN2O2. The fraction of sp³-hybridized carbons (Fsp3) is 0.368. The Morgan fingerprint density at radius 2 is 1.83 bits per heavy atom. The van der Waals surface area contributed by atoms with Crippen LogP contribution in [0.25, 0.3) is 0 Å². The van der Waals surface area contributed by atoms with E-state index in [0.717, 1.165) is 48.6 Å². The lowest BCUT2D eigenvalue weighted by atomic mass is 9.96. The number of nitrogens with one attached hydrogen (secondary N) is 1. The van der Waals surface area contributed by atoms with Crippen molar-refractivity contribution in [1.82, 2.24) is 10.2 Å². The van der Waals surface area contributed by atoms with Gasteiger partial charge in [-0.1, -0.05) is 34.1 Å². The molecule has 0 spiro atoms. The van der Waals surface area contributed by atoms with Crippen molar-refractivity contribution in [3.63, 3.8) is 0 Å². The standard InChI is InChI=1S/C19H21BrN2O2/c20-16-4-1-3-14(11-16)19(22-9-2-7-21-8-10-22)15-5-6-17-18(12-15)24-13-23-17/h1,3-6,11-12,19,21H,2,7-10,13H2. The lowest BCUT2D eigenvalue weighted by Gasteiger charge is -2.31. The van der Waals surface area contributed by atoms with Gasteiger partial charge in [0, 0.05) is 24.1 Å². The highest BCUT2D eigenvalue weighted by atomic mass is 79.9. The van der Waals surface area contributed by atoms with Crippen LogP contribution >= 0.6 is 15.9 Å². The summed E-state index contributed by atoms with van der Waals surface area (Å²) in [6, 6.07) is 15.1. The molecule has 1 N–H and O–H groups in total. The van der Waals surface area contributed by atoms with Crippen molar-refractivity contribution in [2.75, 3.05) is 33.0 Å². The molecule has 0 aliphatic carbocycles. The number of hydrogen-bond donors (Lipinski definition) is 1. The molecule has 5 heteroatoms. The minimum atomic E-state index is 0.219. The van der Waals surface area contributed by atoms with Crippen molar-refractivity contribution in [3.8, 4) is 11.5 Å². The van der Waals surface area contributed by atoms with Gasteiger partial charge in [0.05, 0.1) is 6.04 Å². The summed E-state index contributed by atoms with van der Waals surface area (Å²) in [5, 5.41) is 3.49. The molecule has 0 radical (unpaired) electrons. The lowest BCUT2D eigenvalue weighted by molar-refractivity contribution is 0.173. The van der Waals surface area contributed by atoms with Gasteiger partial charge in [0.25, 0.3) is 0 Å². The van der Waals surface area contributed by atoms with Gasteiger partial charge in [0.1, 0.15) is 0 Å². The number of fused-ring (bicyclic) bond motifs is 1. The summed E-state index contributed by atoms with van der Waals surface area (Å²) in [6.45, 7) is 4.54. The zero-order valence-corrected chi connectivity index (χ0v) is 15.1. The van der Waals surface area contributed by atoms with Crippen LogP contribution in [-0.4, -0.2) is 37.9 Å². The largest absolute Gasteiger partial charge is 0.454 e. The quantitative estimate of drug-likeness (QED) is 0.871. The van der Waals surface area contributed by atoms with Gasteiger partial charge < -0.3 is 14.8 Å². The molecule has 126 valence electrons. The minimum Gasteiger partial charge on any atom is -0.454 e. The SMILES string of the molecule is Brc1cccc(C(c2ccc3c(c2)OCO3)N2CCCNCC2)c1. The van der Waals surface area contributed by atoms with Crippen LogP contribution in [0.2, 0.25) is 0 Å². The summed E-state index contributed by atoms with van der Waals surface area (Å²) in [7, 11) is 0. The first-order chi connectivity index (χ1) is 11.8. The van der Waals surface area contributed by atoms with Crippen LogP contribution in [0.4, 0.5) is 0 Å². The van der Waals surface area contributed by atoms with Crippen LogP contribution in [0.5, 0.6) is 11.5 Å². The average molecular weight is 389 g/mol. The topological polar surface area (TPSA) is 33.7 Å². The maximum Gasteiger partial charge on any atom is 0.231 e. The van der Waals surface area contributed by atoms with E-state index in [9.17, 15) is 0 Å². The first-order valence-corrected chi connectivity index (χ1v) is 9.20. The molecule has 1 saturated heterocycles. The maximum absolute atomic E-state index is 5.60. The Kier molecular flexibility index (Phi) is 4.74. The second-order valence-corrected chi connectivity index (χ2v) is 7.13. The Morgan fingerprint density at radius 1 is 0.958 bits per heavy atom. The highest BCUT2D eigenvalue weighted by molar-refractivity contribution is 9.10. The summed E-state index contributed by atoms with van der Waals surface area (Å²) in [4.78, 5) is 2.55. The average Bonchev–Trinajstić information content (AvgIpc) is 2.90. The Hall–Kier alpha value is -1.56. The normalized spacial score (nSPS) is 19.0. The van der Waals surface area contributed by atoms with Gasteiger partial charge in [-0.3, -0.25) is 4.90 Å². The number of benzene rings is 2. The van der Waals surface area contributed by atoms with Crippen LogP contribution in [0.15, 0.2) is 46.9 Å². The van der Waals surface area contributed by atoms with Crippen molar-refractivity contribution in [1.29, 1.82) is 0 Å². The van der Waals surface area contributed by atoms with E-state index in [2.05, 4.69) is 62.5 Å². The highest BCUT2D eigenvalue weighted by Crippen LogP contribution is 2.38. The Morgan fingerprint density at radius 3 is 2.75 bits per heavy atom. The Bertz CT molecular complexity index is 714. The van der Waals surface area contributed by atoms with E-state index >= 15 is 0 Å². The van der Waals surface area contributed by atoms with E-state index in [-0.39, 0.29) is 6.04 Å². The fourth-order valence-corrected chi connectivity index (χ4v) is 3.92.